The van der Waals surface area contributed by atoms with Gasteiger partial charge in [-0.25, -0.2) is 8.78 Å². The summed E-state index contributed by atoms with van der Waals surface area (Å²) in [5.74, 6) is -0.866. The van der Waals surface area contributed by atoms with Gasteiger partial charge in [0.1, 0.15) is 11.6 Å². The molecule has 0 saturated carbocycles. The van der Waals surface area contributed by atoms with E-state index in [0.29, 0.717) is 5.56 Å². The molecule has 0 aliphatic heterocycles. The summed E-state index contributed by atoms with van der Waals surface area (Å²) in [6.45, 7) is 3.87. The van der Waals surface area contributed by atoms with Crippen molar-refractivity contribution in [3.05, 3.63) is 35.4 Å². The SMILES string of the molecule is CC(C)C(CO)C(c1cc(F)ccc1F)N(C)C. The second-order valence-electron chi connectivity index (χ2n) is 5.16. The monoisotopic (exact) mass is 257 g/mol. The van der Waals surface area contributed by atoms with Crippen molar-refractivity contribution in [3.63, 3.8) is 0 Å². The third kappa shape index (κ3) is 3.27. The van der Waals surface area contributed by atoms with Crippen LogP contribution in [0.5, 0.6) is 0 Å². The molecule has 0 aliphatic rings. The standard InChI is InChI=1S/C14H21F2NO/c1-9(2)12(8-18)14(17(3)4)11-7-10(15)5-6-13(11)16/h5-7,9,12,14,18H,8H2,1-4H3. The van der Waals surface area contributed by atoms with E-state index in [-0.39, 0.29) is 24.5 Å². The maximum absolute atomic E-state index is 13.9. The minimum atomic E-state index is -0.460. The third-order valence-electron chi connectivity index (χ3n) is 3.31. The molecule has 2 atom stereocenters. The van der Waals surface area contributed by atoms with Crippen molar-refractivity contribution in [2.45, 2.75) is 19.9 Å². The Labute approximate surface area is 107 Å². The molecule has 0 saturated heterocycles. The lowest BCUT2D eigenvalue weighted by Gasteiger charge is -2.34. The van der Waals surface area contributed by atoms with E-state index < -0.39 is 11.6 Å². The Balaban J connectivity index is 3.23. The molecule has 102 valence electrons. The van der Waals surface area contributed by atoms with Gasteiger partial charge in [-0.3, -0.25) is 0 Å². The molecule has 0 radical (unpaired) electrons. The highest BCUT2D eigenvalue weighted by atomic mass is 19.1. The number of benzene rings is 1. The second-order valence-corrected chi connectivity index (χ2v) is 5.16. The quantitative estimate of drug-likeness (QED) is 0.876. The average molecular weight is 257 g/mol. The zero-order valence-corrected chi connectivity index (χ0v) is 11.3. The van der Waals surface area contributed by atoms with Gasteiger partial charge in [0, 0.05) is 24.1 Å². The van der Waals surface area contributed by atoms with Crippen LogP contribution in [0.15, 0.2) is 18.2 Å². The van der Waals surface area contributed by atoms with Gasteiger partial charge >= 0.3 is 0 Å². The highest BCUT2D eigenvalue weighted by molar-refractivity contribution is 5.23. The minimum Gasteiger partial charge on any atom is -0.396 e. The van der Waals surface area contributed by atoms with Gasteiger partial charge in [-0.05, 0) is 38.2 Å². The Bertz CT molecular complexity index is 393. The van der Waals surface area contributed by atoms with Gasteiger partial charge in [-0.2, -0.15) is 0 Å². The molecule has 1 aromatic rings. The molecule has 0 fully saturated rings. The van der Waals surface area contributed by atoms with Gasteiger partial charge in [0.15, 0.2) is 0 Å². The molecule has 0 aliphatic carbocycles. The molecule has 0 heterocycles. The van der Waals surface area contributed by atoms with Gasteiger partial charge in [0.2, 0.25) is 0 Å². The summed E-state index contributed by atoms with van der Waals surface area (Å²) in [7, 11) is 3.61. The number of nitrogens with zero attached hydrogens (tertiary/aromatic N) is 1. The van der Waals surface area contributed by atoms with Crippen molar-refractivity contribution in [2.75, 3.05) is 20.7 Å². The van der Waals surface area contributed by atoms with Gasteiger partial charge in [-0.1, -0.05) is 13.8 Å². The van der Waals surface area contributed by atoms with Crippen LogP contribution in [0.3, 0.4) is 0 Å². The summed E-state index contributed by atoms with van der Waals surface area (Å²) >= 11 is 0. The maximum atomic E-state index is 13.9. The summed E-state index contributed by atoms with van der Waals surface area (Å²) < 4.78 is 27.2. The molecule has 0 amide bonds. The van der Waals surface area contributed by atoms with Crippen LogP contribution in [0.4, 0.5) is 8.78 Å². The molecule has 2 nitrogen and oxygen atoms in total. The van der Waals surface area contributed by atoms with Crippen LogP contribution in [0, 0.1) is 23.5 Å². The first-order valence-corrected chi connectivity index (χ1v) is 6.10. The normalized spacial score (nSPS) is 15.2. The van der Waals surface area contributed by atoms with E-state index in [1.807, 2.05) is 18.7 Å². The van der Waals surface area contributed by atoms with Gasteiger partial charge in [0.25, 0.3) is 0 Å². The van der Waals surface area contributed by atoms with E-state index in [9.17, 15) is 13.9 Å². The van der Waals surface area contributed by atoms with Crippen LogP contribution < -0.4 is 0 Å². The fraction of sp³-hybridized carbons (Fsp3) is 0.571. The number of halogens is 2. The van der Waals surface area contributed by atoms with Crippen molar-refractivity contribution in [2.24, 2.45) is 11.8 Å². The highest BCUT2D eigenvalue weighted by Gasteiger charge is 2.29. The van der Waals surface area contributed by atoms with E-state index in [4.69, 9.17) is 0 Å². The van der Waals surface area contributed by atoms with Crippen molar-refractivity contribution in [1.82, 2.24) is 4.90 Å². The number of aliphatic hydroxyl groups is 1. The average Bonchev–Trinajstić information content (AvgIpc) is 2.28. The van der Waals surface area contributed by atoms with Gasteiger partial charge in [0.05, 0.1) is 0 Å². The van der Waals surface area contributed by atoms with Gasteiger partial charge < -0.3 is 10.0 Å². The van der Waals surface area contributed by atoms with Crippen LogP contribution in [0.2, 0.25) is 0 Å². The lowest BCUT2D eigenvalue weighted by atomic mass is 9.84. The molecule has 0 aromatic heterocycles. The number of hydrogen-bond donors (Lipinski definition) is 1. The Hall–Kier alpha value is -1.00. The third-order valence-corrected chi connectivity index (χ3v) is 3.31. The molecule has 0 bridgehead atoms. The summed E-state index contributed by atoms with van der Waals surface area (Å²) in [6.07, 6.45) is 0. The van der Waals surface area contributed by atoms with Gasteiger partial charge in [-0.15, -0.1) is 0 Å². The summed E-state index contributed by atoms with van der Waals surface area (Å²) in [4.78, 5) is 1.82. The van der Waals surface area contributed by atoms with E-state index in [1.54, 1.807) is 14.1 Å². The van der Waals surface area contributed by atoms with E-state index in [2.05, 4.69) is 0 Å². The summed E-state index contributed by atoms with van der Waals surface area (Å²) in [6, 6.07) is 3.11. The second kappa shape index (κ2) is 6.25. The van der Waals surface area contributed by atoms with Crippen molar-refractivity contribution in [3.8, 4) is 0 Å². The first-order valence-electron chi connectivity index (χ1n) is 6.10. The van der Waals surface area contributed by atoms with Crippen LogP contribution in [0.25, 0.3) is 0 Å². The predicted molar refractivity (Wildman–Crippen MR) is 68.2 cm³/mol. The lowest BCUT2D eigenvalue weighted by molar-refractivity contribution is 0.0978. The molecular weight excluding hydrogens is 236 g/mol. The van der Waals surface area contributed by atoms with Crippen LogP contribution in [-0.2, 0) is 0 Å². The van der Waals surface area contributed by atoms with Crippen molar-refractivity contribution < 1.29 is 13.9 Å². The first kappa shape index (κ1) is 15.1. The van der Waals surface area contributed by atoms with Crippen LogP contribution in [-0.4, -0.2) is 30.7 Å². The zero-order chi connectivity index (χ0) is 13.9. The largest absolute Gasteiger partial charge is 0.396 e. The minimum absolute atomic E-state index is 0.0591. The number of hydrogen-bond acceptors (Lipinski definition) is 2. The molecule has 1 rings (SSSR count). The molecule has 1 N–H and O–H groups in total. The topological polar surface area (TPSA) is 23.5 Å². The first-order chi connectivity index (χ1) is 8.38. The van der Waals surface area contributed by atoms with E-state index in [1.165, 1.54) is 6.07 Å². The van der Waals surface area contributed by atoms with E-state index in [0.717, 1.165) is 12.1 Å². The molecule has 1 aromatic carbocycles. The molecule has 18 heavy (non-hydrogen) atoms. The summed E-state index contributed by atoms with van der Waals surface area (Å²) in [5, 5.41) is 9.49. The molecule has 2 unspecified atom stereocenters. The smallest absolute Gasteiger partial charge is 0.128 e. The van der Waals surface area contributed by atoms with E-state index >= 15 is 0 Å². The Kier molecular flexibility index (Phi) is 5.23. The zero-order valence-electron chi connectivity index (χ0n) is 11.3. The number of aliphatic hydroxyl groups excluding tert-OH is 1. The van der Waals surface area contributed by atoms with Crippen LogP contribution >= 0.6 is 0 Å². The molecule has 0 spiro atoms. The van der Waals surface area contributed by atoms with Crippen LogP contribution in [0.1, 0.15) is 25.5 Å². The molecule has 4 heteroatoms. The maximum Gasteiger partial charge on any atom is 0.128 e. The van der Waals surface area contributed by atoms with Crippen molar-refractivity contribution >= 4 is 0 Å². The fourth-order valence-electron chi connectivity index (χ4n) is 2.31. The number of rotatable bonds is 5. The predicted octanol–water partition coefficient (Wildman–Crippen LogP) is 2.83. The summed E-state index contributed by atoms with van der Waals surface area (Å²) in [5.41, 5.74) is 0.299. The van der Waals surface area contributed by atoms with Crippen molar-refractivity contribution in [1.29, 1.82) is 0 Å². The Morgan fingerprint density at radius 1 is 1.22 bits per heavy atom. The Morgan fingerprint density at radius 2 is 1.83 bits per heavy atom. The lowest BCUT2D eigenvalue weighted by Crippen LogP contribution is -2.33. The highest BCUT2D eigenvalue weighted by Crippen LogP contribution is 2.33. The fourth-order valence-corrected chi connectivity index (χ4v) is 2.31. The molecular formula is C14H21F2NO. The Morgan fingerprint density at radius 3 is 2.28 bits per heavy atom.